The summed E-state index contributed by atoms with van der Waals surface area (Å²) in [5.41, 5.74) is 0.243. The van der Waals surface area contributed by atoms with Gasteiger partial charge in [-0.25, -0.2) is 27.0 Å². The molecule has 0 unspecified atom stereocenters. The van der Waals surface area contributed by atoms with E-state index in [0.717, 1.165) is 9.54 Å². The van der Waals surface area contributed by atoms with E-state index < -0.39 is 27.6 Å². The van der Waals surface area contributed by atoms with Gasteiger partial charge in [-0.3, -0.25) is 0 Å². The number of aromatic carboxylic acids is 1. The zero-order chi connectivity index (χ0) is 27.4. The zero-order valence-corrected chi connectivity index (χ0v) is 21.9. The summed E-state index contributed by atoms with van der Waals surface area (Å²) in [6, 6.07) is 17.3. The van der Waals surface area contributed by atoms with E-state index >= 15 is 0 Å². The third-order valence-corrected chi connectivity index (χ3v) is 7.55. The van der Waals surface area contributed by atoms with Crippen LogP contribution in [0, 0.1) is 6.92 Å². The number of rotatable bonds is 5. The number of para-hydroxylation sites is 1. The monoisotopic (exact) mass is 532 g/mol. The van der Waals surface area contributed by atoms with Crippen LogP contribution in [0.25, 0.3) is 33.3 Å². The standard InChI is InChI=1S/C28H24N2O7S/c1-16-9-11-17(12-10-16)38(34,35)30-21-8-6-5-7-18(21)19-15-20(26(31)32)29-24(25(19)30)22-13-14-23(36-22)27(33)37-28(2,3)4/h5-15H,1-4H3,(H,31,32). The molecule has 3 heterocycles. The van der Waals surface area contributed by atoms with Gasteiger partial charge in [-0.05, 0) is 64.1 Å². The fourth-order valence-corrected chi connectivity index (χ4v) is 5.73. The first-order chi connectivity index (χ1) is 17.9. The summed E-state index contributed by atoms with van der Waals surface area (Å²) < 4.78 is 40.3. The molecule has 0 aliphatic carbocycles. The molecule has 10 heteroatoms. The molecular weight excluding hydrogens is 508 g/mol. The van der Waals surface area contributed by atoms with Gasteiger partial charge in [-0.1, -0.05) is 35.9 Å². The van der Waals surface area contributed by atoms with Gasteiger partial charge in [0, 0.05) is 10.8 Å². The van der Waals surface area contributed by atoms with Crippen molar-refractivity contribution < 1.29 is 32.3 Å². The van der Waals surface area contributed by atoms with E-state index in [2.05, 4.69) is 4.98 Å². The van der Waals surface area contributed by atoms with Crippen molar-refractivity contribution in [1.29, 1.82) is 0 Å². The lowest BCUT2D eigenvalue weighted by molar-refractivity contribution is 0.00365. The number of pyridine rings is 1. The Morgan fingerprint density at radius 1 is 0.974 bits per heavy atom. The average Bonchev–Trinajstić information content (AvgIpc) is 3.46. The number of carboxylic acid groups (broad SMARTS) is 1. The molecule has 0 fully saturated rings. The van der Waals surface area contributed by atoms with Crippen LogP contribution in [-0.2, 0) is 14.8 Å². The second-order valence-corrected chi connectivity index (χ2v) is 11.6. The number of aromatic nitrogens is 2. The highest BCUT2D eigenvalue weighted by molar-refractivity contribution is 7.90. The van der Waals surface area contributed by atoms with Gasteiger partial charge < -0.3 is 14.3 Å². The molecular formula is C28H24N2O7S. The Bertz CT molecular complexity index is 1840. The lowest BCUT2D eigenvalue weighted by Gasteiger charge is -2.18. The van der Waals surface area contributed by atoms with E-state index in [1.807, 2.05) is 6.92 Å². The second kappa shape index (κ2) is 8.84. The fraction of sp³-hybridized carbons (Fsp3) is 0.179. The Kier molecular flexibility index (Phi) is 5.87. The van der Waals surface area contributed by atoms with Crippen LogP contribution in [0.1, 0.15) is 47.4 Å². The van der Waals surface area contributed by atoms with E-state index in [4.69, 9.17) is 9.15 Å². The number of benzene rings is 2. The lowest BCUT2D eigenvalue weighted by Crippen LogP contribution is -2.23. The molecule has 9 nitrogen and oxygen atoms in total. The Labute approximate surface area is 218 Å². The van der Waals surface area contributed by atoms with Crippen LogP contribution in [0.4, 0.5) is 0 Å². The van der Waals surface area contributed by atoms with Crippen LogP contribution >= 0.6 is 0 Å². The minimum Gasteiger partial charge on any atom is -0.477 e. The summed E-state index contributed by atoms with van der Waals surface area (Å²) in [5.74, 6) is -2.13. The van der Waals surface area contributed by atoms with Crippen molar-refractivity contribution in [2.45, 2.75) is 38.2 Å². The lowest BCUT2D eigenvalue weighted by atomic mass is 10.1. The first-order valence-electron chi connectivity index (χ1n) is 11.7. The molecule has 38 heavy (non-hydrogen) atoms. The maximum Gasteiger partial charge on any atom is 0.374 e. The molecule has 5 aromatic rings. The Morgan fingerprint density at radius 3 is 2.32 bits per heavy atom. The minimum atomic E-state index is -4.17. The molecule has 0 bridgehead atoms. The molecule has 0 aliphatic heterocycles. The molecule has 1 N–H and O–H groups in total. The van der Waals surface area contributed by atoms with E-state index in [-0.39, 0.29) is 33.3 Å². The number of hydrogen-bond acceptors (Lipinski definition) is 7. The van der Waals surface area contributed by atoms with Gasteiger partial charge in [0.1, 0.15) is 17.0 Å². The summed E-state index contributed by atoms with van der Waals surface area (Å²) in [5, 5.41) is 10.7. The molecule has 0 atom stereocenters. The van der Waals surface area contributed by atoms with Crippen molar-refractivity contribution in [2.24, 2.45) is 0 Å². The number of ether oxygens (including phenoxy) is 1. The van der Waals surface area contributed by atoms with Gasteiger partial charge in [-0.15, -0.1) is 0 Å². The smallest absolute Gasteiger partial charge is 0.374 e. The molecule has 0 spiro atoms. The SMILES string of the molecule is Cc1ccc(S(=O)(=O)n2c3ccccc3c3cc(C(=O)O)nc(-c4ccc(C(=O)OC(C)(C)C)o4)c32)cc1. The van der Waals surface area contributed by atoms with E-state index in [9.17, 15) is 23.1 Å². The topological polar surface area (TPSA) is 129 Å². The second-order valence-electron chi connectivity index (χ2n) is 9.82. The zero-order valence-electron chi connectivity index (χ0n) is 21.1. The number of esters is 1. The van der Waals surface area contributed by atoms with Crippen molar-refractivity contribution in [1.82, 2.24) is 8.96 Å². The van der Waals surface area contributed by atoms with Gasteiger partial charge in [0.2, 0.25) is 5.76 Å². The normalized spacial score (nSPS) is 12.2. The van der Waals surface area contributed by atoms with Gasteiger partial charge >= 0.3 is 11.9 Å². The summed E-state index contributed by atoms with van der Waals surface area (Å²) >= 11 is 0. The fourth-order valence-electron chi connectivity index (χ4n) is 4.20. The van der Waals surface area contributed by atoms with Crippen LogP contribution in [0.5, 0.6) is 0 Å². The van der Waals surface area contributed by atoms with Crippen molar-refractivity contribution in [3.8, 4) is 11.5 Å². The predicted molar refractivity (Wildman–Crippen MR) is 141 cm³/mol. The number of hydrogen-bond donors (Lipinski definition) is 1. The third kappa shape index (κ3) is 4.32. The molecule has 0 radical (unpaired) electrons. The molecule has 0 amide bonds. The molecule has 0 saturated heterocycles. The van der Waals surface area contributed by atoms with Gasteiger partial charge in [-0.2, -0.15) is 0 Å². The van der Waals surface area contributed by atoms with Crippen LogP contribution < -0.4 is 0 Å². The molecule has 194 valence electrons. The number of carbonyl (C=O) groups excluding carboxylic acids is 1. The van der Waals surface area contributed by atoms with E-state index in [1.165, 1.54) is 30.3 Å². The largest absolute Gasteiger partial charge is 0.477 e. The number of furan rings is 1. The quantitative estimate of drug-likeness (QED) is 0.288. The highest BCUT2D eigenvalue weighted by Gasteiger charge is 2.29. The summed E-state index contributed by atoms with van der Waals surface area (Å²) in [6.07, 6.45) is 0. The maximum absolute atomic E-state index is 14.0. The van der Waals surface area contributed by atoms with Crippen molar-refractivity contribution in [3.05, 3.63) is 83.7 Å². The molecule has 0 aliphatic rings. The van der Waals surface area contributed by atoms with E-state index in [0.29, 0.717) is 16.3 Å². The Balaban J connectivity index is 1.85. The van der Waals surface area contributed by atoms with Gasteiger partial charge in [0.25, 0.3) is 10.0 Å². The van der Waals surface area contributed by atoms with Crippen molar-refractivity contribution >= 4 is 43.8 Å². The van der Waals surface area contributed by atoms with Crippen molar-refractivity contribution in [3.63, 3.8) is 0 Å². The molecule has 2 aromatic carbocycles. The maximum atomic E-state index is 14.0. The van der Waals surface area contributed by atoms with Crippen LogP contribution in [0.3, 0.4) is 0 Å². The number of fused-ring (bicyclic) bond motifs is 3. The molecule has 3 aromatic heterocycles. The molecule has 5 rings (SSSR count). The molecule has 0 saturated carbocycles. The number of carbonyl (C=O) groups is 2. The summed E-state index contributed by atoms with van der Waals surface area (Å²) in [7, 11) is -4.17. The Morgan fingerprint density at radius 2 is 1.66 bits per heavy atom. The van der Waals surface area contributed by atoms with Gasteiger partial charge in [0.05, 0.1) is 15.9 Å². The summed E-state index contributed by atoms with van der Waals surface area (Å²) in [4.78, 5) is 28.9. The first-order valence-corrected chi connectivity index (χ1v) is 13.1. The predicted octanol–water partition coefficient (Wildman–Crippen LogP) is 5.65. The number of carboxylic acids is 1. The van der Waals surface area contributed by atoms with Crippen LogP contribution in [-0.4, -0.2) is 40.0 Å². The van der Waals surface area contributed by atoms with Gasteiger partial charge in [0.15, 0.2) is 5.76 Å². The van der Waals surface area contributed by atoms with Crippen molar-refractivity contribution in [2.75, 3.05) is 0 Å². The highest BCUT2D eigenvalue weighted by Crippen LogP contribution is 2.38. The average molecular weight is 533 g/mol. The first kappa shape index (κ1) is 25.2. The summed E-state index contributed by atoms with van der Waals surface area (Å²) in [6.45, 7) is 6.99. The number of nitrogens with zero attached hydrogens (tertiary/aromatic N) is 2. The number of aryl methyl sites for hydroxylation is 1. The third-order valence-electron chi connectivity index (χ3n) is 5.83. The van der Waals surface area contributed by atoms with Crippen LogP contribution in [0.15, 0.2) is 76.0 Å². The minimum absolute atomic E-state index is 0.0159. The highest BCUT2D eigenvalue weighted by atomic mass is 32.2. The van der Waals surface area contributed by atoms with E-state index in [1.54, 1.807) is 57.2 Å². The Hall–Kier alpha value is -4.44. The van der Waals surface area contributed by atoms with Crippen LogP contribution in [0.2, 0.25) is 0 Å².